The fraction of sp³-hybridized carbons (Fsp3) is 0.750. The molecular formula is C4H8ClI3NO3SV. The van der Waals surface area contributed by atoms with Gasteiger partial charge in [-0.25, -0.2) is 8.42 Å². The first-order valence-corrected chi connectivity index (χ1v) is 19.1. The minimum absolute atomic E-state index is 0.0706. The van der Waals surface area contributed by atoms with Crippen LogP contribution in [0.1, 0.15) is 6.92 Å². The SMILES string of the molecule is CC(=O)NCCS(=O)(=O)Cl.[I][V]([I])[I]. The predicted octanol–water partition coefficient (Wildman–Crippen LogP) is 2.35. The van der Waals surface area contributed by atoms with Gasteiger partial charge in [0.1, 0.15) is 0 Å². The van der Waals surface area contributed by atoms with Crippen LogP contribution in [0.15, 0.2) is 0 Å². The number of amides is 1. The molecule has 0 unspecified atom stereocenters. The normalized spacial score (nSPS) is 10.4. The number of carbonyl (C=O) groups is 1. The van der Waals surface area contributed by atoms with E-state index in [1.807, 2.05) is 0 Å². The van der Waals surface area contributed by atoms with Crippen molar-refractivity contribution in [3.8, 4) is 0 Å². The zero-order chi connectivity index (χ0) is 11.8. The van der Waals surface area contributed by atoms with Gasteiger partial charge in [0.15, 0.2) is 0 Å². The van der Waals surface area contributed by atoms with E-state index < -0.39 is 9.05 Å². The monoisotopic (exact) mass is 617 g/mol. The van der Waals surface area contributed by atoms with Gasteiger partial charge in [-0.15, -0.1) is 0 Å². The van der Waals surface area contributed by atoms with Crippen molar-refractivity contribution in [2.75, 3.05) is 12.3 Å². The van der Waals surface area contributed by atoms with Crippen molar-refractivity contribution in [1.82, 2.24) is 5.32 Å². The first kappa shape index (κ1) is 18.8. The second-order valence-corrected chi connectivity index (χ2v) is 40.2. The maximum absolute atomic E-state index is 10.2. The molecule has 14 heavy (non-hydrogen) atoms. The molecule has 0 aliphatic rings. The number of hydrogen-bond donors (Lipinski definition) is 1. The molecule has 0 aliphatic carbocycles. The van der Waals surface area contributed by atoms with Gasteiger partial charge in [-0.05, 0) is 0 Å². The van der Waals surface area contributed by atoms with E-state index in [0.717, 1.165) is 0 Å². The average Bonchev–Trinajstić information content (AvgIpc) is 1.80. The van der Waals surface area contributed by atoms with Crippen molar-refractivity contribution >= 4 is 85.6 Å². The van der Waals surface area contributed by atoms with Crippen LogP contribution in [0.3, 0.4) is 0 Å². The molecule has 0 saturated carbocycles. The van der Waals surface area contributed by atoms with E-state index >= 15 is 0 Å². The Morgan fingerprint density at radius 2 is 1.79 bits per heavy atom. The molecule has 1 amide bonds. The number of hydrogen-bond acceptors (Lipinski definition) is 3. The van der Waals surface area contributed by atoms with Crippen molar-refractivity contribution in [1.29, 1.82) is 0 Å². The zero-order valence-electron chi connectivity index (χ0n) is 7.01. The predicted molar refractivity (Wildman–Crippen MR) is 80.4 cm³/mol. The average molecular weight is 617 g/mol. The Hall–Kier alpha value is 2.48. The molecular weight excluding hydrogens is 609 g/mol. The molecule has 0 bridgehead atoms. The van der Waals surface area contributed by atoms with Gasteiger partial charge in [-0.3, -0.25) is 4.79 Å². The molecule has 1 N–H and O–H groups in total. The Balaban J connectivity index is 0. The van der Waals surface area contributed by atoms with Gasteiger partial charge in [0.2, 0.25) is 15.0 Å². The summed E-state index contributed by atoms with van der Waals surface area (Å²) >= 11 is 7.39. The first-order chi connectivity index (χ1) is 6.15. The number of rotatable bonds is 3. The fourth-order valence-corrected chi connectivity index (χ4v) is 0.926. The Morgan fingerprint density at radius 3 is 2.00 bits per heavy atom. The molecule has 0 aromatic rings. The summed E-state index contributed by atoms with van der Waals surface area (Å²) in [6.45, 7) is 1.38. The maximum atomic E-state index is 10.2. The summed E-state index contributed by atoms with van der Waals surface area (Å²) in [5.74, 6) is -0.492. The summed E-state index contributed by atoms with van der Waals surface area (Å²) in [4.78, 5) is 9.90. The standard InChI is InChI=1S/C4H8ClNO3S.3HI.V/c1-4(7)6-2-3-10(5,8)9;;;;/h2-3H2,1H3,(H,6,7);3*1H;/q;;;;+3/p-3. The van der Waals surface area contributed by atoms with Gasteiger partial charge in [0, 0.05) is 24.2 Å². The minimum atomic E-state index is -3.46. The van der Waals surface area contributed by atoms with Crippen molar-refractivity contribution in [3.05, 3.63) is 0 Å². The van der Waals surface area contributed by atoms with Crippen LogP contribution >= 0.6 is 70.6 Å². The van der Waals surface area contributed by atoms with Gasteiger partial charge in [0.25, 0.3) is 0 Å². The van der Waals surface area contributed by atoms with E-state index in [1.54, 1.807) is 0 Å². The third kappa shape index (κ3) is 29.3. The third-order valence-electron chi connectivity index (χ3n) is 0.720. The van der Waals surface area contributed by atoms with Gasteiger partial charge >= 0.3 is 64.9 Å². The molecule has 0 radical (unpaired) electrons. The Bertz CT molecular complexity index is 258. The quantitative estimate of drug-likeness (QED) is 0.391. The van der Waals surface area contributed by atoms with E-state index in [-0.39, 0.29) is 23.1 Å². The van der Waals surface area contributed by atoms with E-state index in [0.29, 0.717) is 0 Å². The fourth-order valence-electron chi connectivity index (χ4n) is 0.349. The molecule has 0 rings (SSSR count). The molecule has 0 aliphatic heterocycles. The van der Waals surface area contributed by atoms with Crippen molar-refractivity contribution in [2.45, 2.75) is 6.92 Å². The van der Waals surface area contributed by atoms with Gasteiger partial charge in [-0.2, -0.15) is 0 Å². The van der Waals surface area contributed by atoms with E-state index in [1.165, 1.54) is 6.92 Å². The summed E-state index contributed by atoms with van der Waals surface area (Å²) in [6, 6.07) is 0. The third-order valence-corrected chi connectivity index (χ3v) is 1.87. The van der Waals surface area contributed by atoms with Crippen molar-refractivity contribution < 1.29 is 18.1 Å². The second-order valence-electron chi connectivity index (χ2n) is 1.92. The second kappa shape index (κ2) is 10.6. The van der Waals surface area contributed by atoms with Gasteiger partial charge in [-0.1, -0.05) is 0 Å². The molecule has 0 atom stereocenters. The van der Waals surface area contributed by atoms with Crippen molar-refractivity contribution in [2.24, 2.45) is 0 Å². The number of halogens is 4. The Morgan fingerprint density at radius 1 is 1.43 bits per heavy atom. The van der Waals surface area contributed by atoms with Crippen LogP contribution in [-0.2, 0) is 18.8 Å². The molecule has 0 heterocycles. The van der Waals surface area contributed by atoms with Crippen LogP contribution in [0.5, 0.6) is 0 Å². The topological polar surface area (TPSA) is 63.2 Å². The first-order valence-electron chi connectivity index (χ1n) is 3.09. The summed E-state index contributed by atoms with van der Waals surface area (Å²) < 4.78 is 20.5. The van der Waals surface area contributed by atoms with Crippen LogP contribution in [-0.4, -0.2) is 26.6 Å². The molecule has 0 saturated heterocycles. The number of carbonyl (C=O) groups excluding carboxylic acids is 1. The summed E-state index contributed by atoms with van der Waals surface area (Å²) in [7, 11) is 1.38. The van der Waals surface area contributed by atoms with Crippen LogP contribution < -0.4 is 5.32 Å². The molecule has 10 heteroatoms. The van der Waals surface area contributed by atoms with Crippen LogP contribution in [0.2, 0.25) is 0 Å². The van der Waals surface area contributed by atoms with Gasteiger partial charge < -0.3 is 5.32 Å². The molecule has 0 aromatic carbocycles. The van der Waals surface area contributed by atoms with Crippen LogP contribution in [0.25, 0.3) is 0 Å². The van der Waals surface area contributed by atoms with E-state index in [2.05, 4.69) is 65.3 Å². The van der Waals surface area contributed by atoms with Crippen LogP contribution in [0, 0.1) is 0 Å². The Labute approximate surface area is 126 Å². The van der Waals surface area contributed by atoms with Gasteiger partial charge in [0.05, 0.1) is 5.75 Å². The molecule has 86 valence electrons. The molecule has 0 spiro atoms. The summed E-state index contributed by atoms with van der Waals surface area (Å²) in [5.41, 5.74) is 0. The van der Waals surface area contributed by atoms with E-state index in [4.69, 9.17) is 10.7 Å². The van der Waals surface area contributed by atoms with Crippen molar-refractivity contribution in [3.63, 3.8) is 0 Å². The summed E-state index contributed by atoms with van der Waals surface area (Å²) in [6.07, 6.45) is 0. The zero-order valence-corrected chi connectivity index (χ0v) is 16.4. The molecule has 4 nitrogen and oxygen atoms in total. The van der Waals surface area contributed by atoms with Crippen LogP contribution in [0.4, 0.5) is 0 Å². The molecule has 0 aromatic heterocycles. The summed E-state index contributed by atoms with van der Waals surface area (Å²) in [5, 5.41) is 2.30. The van der Waals surface area contributed by atoms with E-state index in [9.17, 15) is 13.2 Å². The Kier molecular flexibility index (Phi) is 14.3. The molecule has 0 fully saturated rings. The number of nitrogens with one attached hydrogen (secondary N) is 1.